The number of furan rings is 1. The third kappa shape index (κ3) is 4.24. The Bertz CT molecular complexity index is 493. The minimum Gasteiger partial charge on any atom is -0.447 e. The van der Waals surface area contributed by atoms with Gasteiger partial charge in [-0.2, -0.15) is 11.8 Å². The van der Waals surface area contributed by atoms with E-state index in [1.54, 1.807) is 13.1 Å². The maximum absolute atomic E-state index is 12.1. The minimum absolute atomic E-state index is 0.00133. The third-order valence-corrected chi connectivity index (χ3v) is 5.72. The highest BCUT2D eigenvalue weighted by atomic mass is 32.2. The molecule has 5 nitrogen and oxygen atoms in total. The van der Waals surface area contributed by atoms with Crippen LogP contribution in [-0.4, -0.2) is 33.0 Å². The normalized spacial score (nSPS) is 20.6. The standard InChI is InChI=1S/C12H20N2O3S2/c1-13-8-10-5-6-12(17-10)19(15,16)14-9-11-4-2-3-7-18-11/h5-6,11,13-14H,2-4,7-9H2,1H3. The molecule has 0 aromatic carbocycles. The first kappa shape index (κ1) is 14.9. The molecular formula is C12H20N2O3S2. The summed E-state index contributed by atoms with van der Waals surface area (Å²) >= 11 is 1.84. The van der Waals surface area contributed by atoms with Crippen molar-refractivity contribution in [2.24, 2.45) is 0 Å². The van der Waals surface area contributed by atoms with E-state index in [-0.39, 0.29) is 5.09 Å². The highest BCUT2D eigenvalue weighted by Gasteiger charge is 2.21. The molecule has 2 N–H and O–H groups in total. The number of hydrogen-bond acceptors (Lipinski definition) is 5. The summed E-state index contributed by atoms with van der Waals surface area (Å²) in [4.78, 5) is 0. The fraction of sp³-hybridized carbons (Fsp3) is 0.667. The van der Waals surface area contributed by atoms with Crippen molar-refractivity contribution in [2.75, 3.05) is 19.3 Å². The molecule has 0 spiro atoms. The number of thioether (sulfide) groups is 1. The predicted octanol–water partition coefficient (Wildman–Crippen LogP) is 1.56. The first-order chi connectivity index (χ1) is 9.12. The van der Waals surface area contributed by atoms with Crippen LogP contribution in [0.5, 0.6) is 0 Å². The van der Waals surface area contributed by atoms with Gasteiger partial charge in [0.25, 0.3) is 10.0 Å². The van der Waals surface area contributed by atoms with Crippen LogP contribution in [0.25, 0.3) is 0 Å². The summed E-state index contributed by atoms with van der Waals surface area (Å²) in [5.41, 5.74) is 0. The quantitative estimate of drug-likeness (QED) is 0.834. The van der Waals surface area contributed by atoms with Gasteiger partial charge >= 0.3 is 0 Å². The van der Waals surface area contributed by atoms with E-state index in [4.69, 9.17) is 4.42 Å². The van der Waals surface area contributed by atoms with Crippen molar-refractivity contribution in [2.45, 2.75) is 36.1 Å². The molecule has 0 bridgehead atoms. The van der Waals surface area contributed by atoms with Gasteiger partial charge in [-0.05, 0) is 37.8 Å². The van der Waals surface area contributed by atoms with Crippen molar-refractivity contribution in [3.05, 3.63) is 17.9 Å². The van der Waals surface area contributed by atoms with Gasteiger partial charge in [0.1, 0.15) is 5.76 Å². The zero-order valence-electron chi connectivity index (χ0n) is 11.0. The van der Waals surface area contributed by atoms with Gasteiger partial charge in [0, 0.05) is 11.8 Å². The second-order valence-electron chi connectivity index (χ2n) is 4.59. The fourth-order valence-corrected chi connectivity index (χ4v) is 4.39. The molecule has 1 saturated heterocycles. The van der Waals surface area contributed by atoms with Gasteiger partial charge < -0.3 is 9.73 Å². The van der Waals surface area contributed by atoms with Gasteiger partial charge in [0.15, 0.2) is 0 Å². The Labute approximate surface area is 118 Å². The van der Waals surface area contributed by atoms with Crippen molar-refractivity contribution in [1.82, 2.24) is 10.0 Å². The number of nitrogens with one attached hydrogen (secondary N) is 2. The molecule has 0 saturated carbocycles. The Morgan fingerprint density at radius 3 is 2.95 bits per heavy atom. The van der Waals surface area contributed by atoms with Crippen LogP contribution in [0.4, 0.5) is 0 Å². The molecule has 19 heavy (non-hydrogen) atoms. The molecule has 1 aromatic heterocycles. The van der Waals surface area contributed by atoms with Crippen LogP contribution < -0.4 is 10.0 Å². The Kier molecular flexibility index (Phi) is 5.32. The lowest BCUT2D eigenvalue weighted by atomic mass is 10.2. The molecule has 1 unspecified atom stereocenters. The zero-order valence-corrected chi connectivity index (χ0v) is 12.6. The number of rotatable bonds is 6. The van der Waals surface area contributed by atoms with E-state index >= 15 is 0 Å². The molecule has 1 fully saturated rings. The first-order valence-electron chi connectivity index (χ1n) is 6.46. The summed E-state index contributed by atoms with van der Waals surface area (Å²) in [5, 5.41) is 3.30. The van der Waals surface area contributed by atoms with Gasteiger partial charge in [-0.3, -0.25) is 0 Å². The van der Waals surface area contributed by atoms with Gasteiger partial charge in [0.05, 0.1) is 6.54 Å². The van der Waals surface area contributed by atoms with Crippen molar-refractivity contribution in [3.8, 4) is 0 Å². The Balaban J connectivity index is 1.92. The topological polar surface area (TPSA) is 71.3 Å². The number of hydrogen-bond donors (Lipinski definition) is 2. The summed E-state index contributed by atoms with van der Waals surface area (Å²) in [6.07, 6.45) is 3.50. The van der Waals surface area contributed by atoms with E-state index < -0.39 is 10.0 Å². The van der Waals surface area contributed by atoms with Crippen molar-refractivity contribution < 1.29 is 12.8 Å². The average Bonchev–Trinajstić information content (AvgIpc) is 2.88. The lowest BCUT2D eigenvalue weighted by molar-refractivity contribution is 0.404. The van der Waals surface area contributed by atoms with Gasteiger partial charge in [0.2, 0.25) is 5.09 Å². The van der Waals surface area contributed by atoms with Crippen LogP contribution in [0.2, 0.25) is 0 Å². The van der Waals surface area contributed by atoms with Gasteiger partial charge in [-0.1, -0.05) is 6.42 Å². The SMILES string of the molecule is CNCc1ccc(S(=O)(=O)NCC2CCCCS2)o1. The molecule has 0 aliphatic carbocycles. The van der Waals surface area contributed by atoms with Crippen LogP contribution >= 0.6 is 11.8 Å². The molecule has 1 aliphatic rings. The number of sulfonamides is 1. The summed E-state index contributed by atoms with van der Waals surface area (Å²) in [6, 6.07) is 3.18. The van der Waals surface area contributed by atoms with E-state index in [2.05, 4.69) is 10.0 Å². The maximum Gasteiger partial charge on any atom is 0.273 e. The minimum atomic E-state index is -3.51. The molecule has 0 amide bonds. The van der Waals surface area contributed by atoms with Crippen molar-refractivity contribution in [3.63, 3.8) is 0 Å². The maximum atomic E-state index is 12.1. The average molecular weight is 304 g/mol. The van der Waals surface area contributed by atoms with E-state index in [0.29, 0.717) is 24.1 Å². The Hall–Kier alpha value is -0.500. The van der Waals surface area contributed by atoms with Crippen molar-refractivity contribution >= 4 is 21.8 Å². The molecule has 2 rings (SSSR count). The summed E-state index contributed by atoms with van der Waals surface area (Å²) in [5.74, 6) is 1.74. The van der Waals surface area contributed by atoms with E-state index in [1.807, 2.05) is 11.8 Å². The highest BCUT2D eigenvalue weighted by Crippen LogP contribution is 2.24. The monoisotopic (exact) mass is 304 g/mol. The molecule has 2 heterocycles. The summed E-state index contributed by atoms with van der Waals surface area (Å²) in [7, 11) is -1.73. The largest absolute Gasteiger partial charge is 0.447 e. The fourth-order valence-electron chi connectivity index (χ4n) is 2.01. The van der Waals surface area contributed by atoms with Crippen LogP contribution in [0, 0.1) is 0 Å². The van der Waals surface area contributed by atoms with Crippen molar-refractivity contribution in [1.29, 1.82) is 0 Å². The van der Waals surface area contributed by atoms with Gasteiger partial charge in [-0.25, -0.2) is 13.1 Å². The van der Waals surface area contributed by atoms with Crippen LogP contribution in [-0.2, 0) is 16.6 Å². The molecule has 1 atom stereocenters. The molecule has 1 aromatic rings. The van der Waals surface area contributed by atoms with Crippen LogP contribution in [0.1, 0.15) is 25.0 Å². The van der Waals surface area contributed by atoms with E-state index in [0.717, 1.165) is 12.2 Å². The zero-order chi connectivity index (χ0) is 13.7. The summed E-state index contributed by atoms with van der Waals surface area (Å²) < 4.78 is 32.1. The second-order valence-corrected chi connectivity index (χ2v) is 7.70. The predicted molar refractivity (Wildman–Crippen MR) is 76.8 cm³/mol. The van der Waals surface area contributed by atoms with Gasteiger partial charge in [-0.15, -0.1) is 0 Å². The molecule has 1 aliphatic heterocycles. The summed E-state index contributed by atoms with van der Waals surface area (Å²) in [6.45, 7) is 1.00. The Morgan fingerprint density at radius 1 is 1.42 bits per heavy atom. The lowest BCUT2D eigenvalue weighted by Crippen LogP contribution is -2.31. The molecule has 0 radical (unpaired) electrons. The van der Waals surface area contributed by atoms with E-state index in [1.165, 1.54) is 18.9 Å². The third-order valence-electron chi connectivity index (χ3n) is 3.03. The highest BCUT2D eigenvalue weighted by molar-refractivity contribution is 8.00. The smallest absolute Gasteiger partial charge is 0.273 e. The first-order valence-corrected chi connectivity index (χ1v) is 8.99. The van der Waals surface area contributed by atoms with Crippen LogP contribution in [0.3, 0.4) is 0 Å². The van der Waals surface area contributed by atoms with E-state index in [9.17, 15) is 8.42 Å². The second kappa shape index (κ2) is 6.78. The lowest BCUT2D eigenvalue weighted by Gasteiger charge is -2.20. The van der Waals surface area contributed by atoms with Crippen LogP contribution in [0.15, 0.2) is 21.6 Å². The molecule has 108 valence electrons. The molecular weight excluding hydrogens is 284 g/mol. The Morgan fingerprint density at radius 2 is 2.26 bits per heavy atom. The molecule has 7 heteroatoms.